The molecule has 24 heavy (non-hydrogen) atoms. The standard InChI is InChI=1S/C18H19N3O3/c1-11(20-18(24)15-3-2-10-19-17(15)23)12-6-8-14(9-7-12)21-16(22)13-4-5-13/h2-3,6-11,13H,4-5H2,1H3,(H,19,23)(H,20,24)(H,21,22). The Morgan fingerprint density at radius 2 is 1.88 bits per heavy atom. The van der Waals surface area contributed by atoms with Crippen LogP contribution < -0.4 is 16.2 Å². The summed E-state index contributed by atoms with van der Waals surface area (Å²) in [7, 11) is 0. The molecule has 0 spiro atoms. The van der Waals surface area contributed by atoms with Gasteiger partial charge in [-0.3, -0.25) is 14.4 Å². The lowest BCUT2D eigenvalue weighted by atomic mass is 10.1. The molecular formula is C18H19N3O3. The molecule has 1 saturated carbocycles. The maximum Gasteiger partial charge on any atom is 0.260 e. The van der Waals surface area contributed by atoms with Crippen LogP contribution in [-0.2, 0) is 4.79 Å². The van der Waals surface area contributed by atoms with Crippen LogP contribution in [0.1, 0.15) is 41.7 Å². The monoisotopic (exact) mass is 325 g/mol. The van der Waals surface area contributed by atoms with Gasteiger partial charge in [0.15, 0.2) is 0 Å². The fourth-order valence-electron chi connectivity index (χ4n) is 2.40. The first-order valence-electron chi connectivity index (χ1n) is 7.94. The van der Waals surface area contributed by atoms with E-state index in [2.05, 4.69) is 15.6 Å². The Morgan fingerprint density at radius 3 is 2.50 bits per heavy atom. The van der Waals surface area contributed by atoms with Crippen LogP contribution in [0.25, 0.3) is 0 Å². The predicted octanol–water partition coefficient (Wildman–Crippen LogP) is 2.21. The van der Waals surface area contributed by atoms with Crippen LogP contribution in [0.5, 0.6) is 0 Å². The fourth-order valence-corrected chi connectivity index (χ4v) is 2.40. The van der Waals surface area contributed by atoms with Crippen LogP contribution in [0, 0.1) is 5.92 Å². The number of carbonyl (C=O) groups is 2. The van der Waals surface area contributed by atoms with E-state index in [9.17, 15) is 14.4 Å². The summed E-state index contributed by atoms with van der Waals surface area (Å²) in [5.41, 5.74) is 1.30. The third-order valence-electron chi connectivity index (χ3n) is 4.04. The molecule has 1 heterocycles. The molecule has 1 atom stereocenters. The van der Waals surface area contributed by atoms with E-state index in [0.717, 1.165) is 24.1 Å². The van der Waals surface area contributed by atoms with Crippen molar-refractivity contribution in [1.29, 1.82) is 0 Å². The molecular weight excluding hydrogens is 306 g/mol. The molecule has 2 aromatic rings. The summed E-state index contributed by atoms with van der Waals surface area (Å²) in [5.74, 6) is -0.199. The number of aromatic nitrogens is 1. The van der Waals surface area contributed by atoms with E-state index >= 15 is 0 Å². The predicted molar refractivity (Wildman–Crippen MR) is 90.7 cm³/mol. The zero-order valence-corrected chi connectivity index (χ0v) is 13.3. The molecule has 1 aliphatic rings. The van der Waals surface area contributed by atoms with E-state index in [0.29, 0.717) is 0 Å². The normalized spacial score (nSPS) is 14.7. The van der Waals surface area contributed by atoms with Crippen molar-refractivity contribution in [2.75, 3.05) is 5.32 Å². The van der Waals surface area contributed by atoms with E-state index in [1.165, 1.54) is 12.3 Å². The minimum absolute atomic E-state index is 0.0624. The number of rotatable bonds is 5. The summed E-state index contributed by atoms with van der Waals surface area (Å²) < 4.78 is 0. The van der Waals surface area contributed by atoms with Gasteiger partial charge in [0.1, 0.15) is 5.56 Å². The Hall–Kier alpha value is -2.89. The lowest BCUT2D eigenvalue weighted by molar-refractivity contribution is -0.117. The van der Waals surface area contributed by atoms with Gasteiger partial charge in [-0.25, -0.2) is 0 Å². The lowest BCUT2D eigenvalue weighted by Crippen LogP contribution is -2.31. The van der Waals surface area contributed by atoms with E-state index in [1.807, 2.05) is 31.2 Å². The molecule has 0 saturated heterocycles. The van der Waals surface area contributed by atoms with E-state index in [-0.39, 0.29) is 23.4 Å². The topological polar surface area (TPSA) is 91.1 Å². The first-order valence-corrected chi connectivity index (χ1v) is 7.94. The first kappa shape index (κ1) is 16.0. The molecule has 0 bridgehead atoms. The largest absolute Gasteiger partial charge is 0.345 e. The van der Waals surface area contributed by atoms with Crippen LogP contribution in [0.4, 0.5) is 5.69 Å². The van der Waals surface area contributed by atoms with Gasteiger partial charge in [0.2, 0.25) is 5.91 Å². The van der Waals surface area contributed by atoms with Gasteiger partial charge in [-0.1, -0.05) is 12.1 Å². The highest BCUT2D eigenvalue weighted by Gasteiger charge is 2.29. The number of nitrogens with one attached hydrogen (secondary N) is 3. The lowest BCUT2D eigenvalue weighted by Gasteiger charge is -2.15. The Balaban J connectivity index is 1.63. The van der Waals surface area contributed by atoms with Crippen molar-refractivity contribution in [2.45, 2.75) is 25.8 Å². The molecule has 1 aromatic heterocycles. The minimum atomic E-state index is -0.421. The van der Waals surface area contributed by atoms with Crippen molar-refractivity contribution in [3.05, 3.63) is 64.1 Å². The molecule has 3 rings (SSSR count). The second-order valence-electron chi connectivity index (χ2n) is 5.99. The summed E-state index contributed by atoms with van der Waals surface area (Å²) in [5, 5.41) is 5.67. The van der Waals surface area contributed by atoms with Crippen LogP contribution in [0.3, 0.4) is 0 Å². The first-order chi connectivity index (χ1) is 11.5. The Kier molecular flexibility index (Phi) is 4.46. The highest BCUT2D eigenvalue weighted by Crippen LogP contribution is 2.30. The summed E-state index contributed by atoms with van der Waals surface area (Å²) in [6, 6.07) is 10.2. The molecule has 6 nitrogen and oxygen atoms in total. The second-order valence-corrected chi connectivity index (χ2v) is 5.99. The molecule has 1 unspecified atom stereocenters. The average molecular weight is 325 g/mol. The van der Waals surface area contributed by atoms with Crippen molar-refractivity contribution in [1.82, 2.24) is 10.3 Å². The number of benzene rings is 1. The summed E-state index contributed by atoms with van der Waals surface area (Å²) in [6.45, 7) is 1.84. The fraction of sp³-hybridized carbons (Fsp3) is 0.278. The number of hydrogen-bond donors (Lipinski definition) is 3. The van der Waals surface area contributed by atoms with E-state index in [4.69, 9.17) is 0 Å². The third kappa shape index (κ3) is 3.71. The number of anilines is 1. The maximum atomic E-state index is 12.2. The van der Waals surface area contributed by atoms with Gasteiger partial charge in [0.05, 0.1) is 6.04 Å². The number of H-pyrrole nitrogens is 1. The van der Waals surface area contributed by atoms with E-state index < -0.39 is 11.5 Å². The number of aromatic amines is 1. The zero-order valence-electron chi connectivity index (χ0n) is 13.3. The SMILES string of the molecule is CC(NC(=O)c1ccc[nH]c1=O)c1ccc(NC(=O)C2CC2)cc1. The molecule has 124 valence electrons. The highest BCUT2D eigenvalue weighted by atomic mass is 16.2. The van der Waals surface area contributed by atoms with Crippen molar-refractivity contribution in [2.24, 2.45) is 5.92 Å². The van der Waals surface area contributed by atoms with Crippen LogP contribution in [0.2, 0.25) is 0 Å². The van der Waals surface area contributed by atoms with Crippen LogP contribution in [0.15, 0.2) is 47.4 Å². The van der Waals surface area contributed by atoms with Crippen molar-refractivity contribution in [3.63, 3.8) is 0 Å². The summed E-state index contributed by atoms with van der Waals surface area (Å²) in [6.07, 6.45) is 3.41. The number of amides is 2. The molecule has 3 N–H and O–H groups in total. The minimum Gasteiger partial charge on any atom is -0.345 e. The molecule has 2 amide bonds. The molecule has 6 heteroatoms. The summed E-state index contributed by atoms with van der Waals surface area (Å²) in [4.78, 5) is 38.0. The van der Waals surface area contributed by atoms with Gasteiger partial charge in [0, 0.05) is 17.8 Å². The third-order valence-corrected chi connectivity index (χ3v) is 4.04. The Labute approximate surface area is 139 Å². The Morgan fingerprint density at radius 1 is 1.17 bits per heavy atom. The number of hydrogen-bond acceptors (Lipinski definition) is 3. The molecule has 1 fully saturated rings. The van der Waals surface area contributed by atoms with Gasteiger partial charge < -0.3 is 15.6 Å². The molecule has 0 aliphatic heterocycles. The molecule has 1 aromatic carbocycles. The van der Waals surface area contributed by atoms with Gasteiger partial charge in [-0.05, 0) is 49.6 Å². The van der Waals surface area contributed by atoms with Crippen LogP contribution in [-0.4, -0.2) is 16.8 Å². The van der Waals surface area contributed by atoms with Crippen molar-refractivity contribution < 1.29 is 9.59 Å². The molecule has 1 aliphatic carbocycles. The zero-order chi connectivity index (χ0) is 17.1. The van der Waals surface area contributed by atoms with Gasteiger partial charge in [0.25, 0.3) is 11.5 Å². The van der Waals surface area contributed by atoms with Crippen molar-refractivity contribution >= 4 is 17.5 Å². The molecule has 0 radical (unpaired) electrons. The van der Waals surface area contributed by atoms with Crippen LogP contribution >= 0.6 is 0 Å². The van der Waals surface area contributed by atoms with Gasteiger partial charge >= 0.3 is 0 Å². The van der Waals surface area contributed by atoms with E-state index in [1.54, 1.807) is 6.07 Å². The quantitative estimate of drug-likeness (QED) is 0.787. The van der Waals surface area contributed by atoms with Crippen molar-refractivity contribution in [3.8, 4) is 0 Å². The number of carbonyl (C=O) groups excluding carboxylic acids is 2. The van der Waals surface area contributed by atoms with Gasteiger partial charge in [-0.15, -0.1) is 0 Å². The highest BCUT2D eigenvalue weighted by molar-refractivity contribution is 5.94. The number of pyridine rings is 1. The Bertz CT molecular complexity index is 807. The maximum absolute atomic E-state index is 12.2. The summed E-state index contributed by atoms with van der Waals surface area (Å²) >= 11 is 0. The van der Waals surface area contributed by atoms with Gasteiger partial charge in [-0.2, -0.15) is 0 Å². The second kappa shape index (κ2) is 6.70. The smallest absolute Gasteiger partial charge is 0.260 e. The average Bonchev–Trinajstić information content (AvgIpc) is 3.40.